The van der Waals surface area contributed by atoms with Gasteiger partial charge in [-0.25, -0.2) is 0 Å². The zero-order valence-electron chi connectivity index (χ0n) is 13.9. The van der Waals surface area contributed by atoms with Gasteiger partial charge in [-0.05, 0) is 18.9 Å². The molecule has 0 N–H and O–H groups in total. The summed E-state index contributed by atoms with van der Waals surface area (Å²) in [6, 6.07) is 9.26. The van der Waals surface area contributed by atoms with Crippen LogP contribution in [0, 0.1) is 0 Å². The number of nitrogens with zero attached hydrogens (tertiary/aromatic N) is 3. The van der Waals surface area contributed by atoms with E-state index in [2.05, 4.69) is 0 Å². The predicted molar refractivity (Wildman–Crippen MR) is 86.6 cm³/mol. The molecule has 1 saturated heterocycles. The monoisotopic (exact) mass is 317 g/mol. The first-order valence-corrected chi connectivity index (χ1v) is 7.72. The highest BCUT2D eigenvalue weighted by Gasteiger charge is 2.37. The molecule has 23 heavy (non-hydrogen) atoms. The highest BCUT2D eigenvalue weighted by atomic mass is 16.2. The number of piperazine rings is 1. The van der Waals surface area contributed by atoms with Crippen LogP contribution in [0.3, 0.4) is 0 Å². The van der Waals surface area contributed by atoms with Crippen LogP contribution in [0.1, 0.15) is 12.5 Å². The zero-order chi connectivity index (χ0) is 17.0. The van der Waals surface area contributed by atoms with Crippen LogP contribution in [0.5, 0.6) is 0 Å². The van der Waals surface area contributed by atoms with Gasteiger partial charge in [0, 0.05) is 20.6 Å². The van der Waals surface area contributed by atoms with E-state index in [0.717, 1.165) is 5.56 Å². The lowest BCUT2D eigenvalue weighted by molar-refractivity contribution is -0.157. The lowest BCUT2D eigenvalue weighted by Gasteiger charge is -2.38. The molecular weight excluding hydrogens is 294 g/mol. The molecule has 0 aliphatic carbocycles. The summed E-state index contributed by atoms with van der Waals surface area (Å²) < 4.78 is 0. The van der Waals surface area contributed by atoms with Crippen LogP contribution in [0.2, 0.25) is 0 Å². The van der Waals surface area contributed by atoms with Crippen LogP contribution in [0.25, 0.3) is 0 Å². The maximum atomic E-state index is 12.5. The van der Waals surface area contributed by atoms with Gasteiger partial charge in [0.15, 0.2) is 0 Å². The van der Waals surface area contributed by atoms with E-state index in [4.69, 9.17) is 0 Å². The number of hydrogen-bond donors (Lipinski definition) is 0. The summed E-state index contributed by atoms with van der Waals surface area (Å²) in [4.78, 5) is 40.9. The molecule has 1 fully saturated rings. The molecule has 1 aromatic carbocycles. The van der Waals surface area contributed by atoms with Gasteiger partial charge in [0.25, 0.3) is 0 Å². The van der Waals surface area contributed by atoms with Gasteiger partial charge in [-0.2, -0.15) is 0 Å². The van der Waals surface area contributed by atoms with Gasteiger partial charge in [-0.1, -0.05) is 30.3 Å². The van der Waals surface area contributed by atoms with Crippen LogP contribution in [-0.4, -0.2) is 72.2 Å². The fraction of sp³-hybridized carbons (Fsp3) is 0.471. The van der Waals surface area contributed by atoms with Crippen LogP contribution >= 0.6 is 0 Å². The van der Waals surface area contributed by atoms with E-state index in [-0.39, 0.29) is 30.8 Å². The van der Waals surface area contributed by atoms with E-state index in [1.807, 2.05) is 30.3 Å². The zero-order valence-corrected chi connectivity index (χ0v) is 13.9. The largest absolute Gasteiger partial charge is 0.347 e. The topological polar surface area (TPSA) is 60.9 Å². The molecule has 2 rings (SSSR count). The number of rotatable bonds is 5. The average molecular weight is 317 g/mol. The van der Waals surface area contributed by atoms with E-state index < -0.39 is 6.04 Å². The van der Waals surface area contributed by atoms with Crippen molar-refractivity contribution in [3.63, 3.8) is 0 Å². The summed E-state index contributed by atoms with van der Waals surface area (Å²) in [5.41, 5.74) is 1.13. The molecule has 0 unspecified atom stereocenters. The van der Waals surface area contributed by atoms with Crippen molar-refractivity contribution in [2.45, 2.75) is 19.4 Å². The Hall–Kier alpha value is -2.37. The van der Waals surface area contributed by atoms with Crippen molar-refractivity contribution in [2.24, 2.45) is 0 Å². The molecule has 0 radical (unpaired) electrons. The summed E-state index contributed by atoms with van der Waals surface area (Å²) in [5, 5.41) is 0. The second-order valence-electron chi connectivity index (χ2n) is 5.98. The molecular formula is C17H23N3O3. The van der Waals surface area contributed by atoms with Crippen LogP contribution < -0.4 is 0 Å². The smallest absolute Gasteiger partial charge is 0.245 e. The second-order valence-corrected chi connectivity index (χ2v) is 5.98. The molecule has 1 heterocycles. The minimum absolute atomic E-state index is 0.0384. The molecule has 3 amide bonds. The third-order valence-corrected chi connectivity index (χ3v) is 4.10. The minimum atomic E-state index is -0.601. The molecule has 1 atom stereocenters. The summed E-state index contributed by atoms with van der Waals surface area (Å²) in [7, 11) is 3.27. The third kappa shape index (κ3) is 4.09. The standard InChI is InChI=1S/C17H23N3O3/c1-13-17(23)19(10-9-14-7-5-4-6-8-14)11-16(22)20(13)12-15(21)18(2)3/h4-8,13H,9-12H2,1-3H3/t13-/m1/s1. The summed E-state index contributed by atoms with van der Waals surface area (Å²) in [5.74, 6) is -0.469. The molecule has 6 heteroatoms. The number of benzene rings is 1. The lowest BCUT2D eigenvalue weighted by Crippen LogP contribution is -2.60. The first-order chi connectivity index (χ1) is 10.9. The second kappa shape index (κ2) is 7.26. The lowest BCUT2D eigenvalue weighted by atomic mass is 10.1. The molecule has 1 aliphatic rings. The van der Waals surface area contributed by atoms with E-state index in [9.17, 15) is 14.4 Å². The Balaban J connectivity index is 1.98. The number of carbonyl (C=O) groups is 3. The fourth-order valence-electron chi connectivity index (χ4n) is 2.56. The average Bonchev–Trinajstić information content (AvgIpc) is 2.54. The third-order valence-electron chi connectivity index (χ3n) is 4.10. The van der Waals surface area contributed by atoms with Crippen molar-refractivity contribution in [1.29, 1.82) is 0 Å². The highest BCUT2D eigenvalue weighted by molar-refractivity contribution is 5.96. The highest BCUT2D eigenvalue weighted by Crippen LogP contribution is 2.13. The van der Waals surface area contributed by atoms with Gasteiger partial charge in [-0.3, -0.25) is 14.4 Å². The normalized spacial score (nSPS) is 18.3. The fourth-order valence-corrected chi connectivity index (χ4v) is 2.56. The molecule has 124 valence electrons. The van der Waals surface area contributed by atoms with Crippen molar-refractivity contribution in [3.8, 4) is 0 Å². The number of hydrogen-bond acceptors (Lipinski definition) is 3. The van der Waals surface area contributed by atoms with Crippen LogP contribution in [0.15, 0.2) is 30.3 Å². The Morgan fingerprint density at radius 3 is 2.48 bits per heavy atom. The van der Waals surface area contributed by atoms with E-state index >= 15 is 0 Å². The van der Waals surface area contributed by atoms with E-state index in [1.165, 1.54) is 9.80 Å². The van der Waals surface area contributed by atoms with Crippen molar-refractivity contribution in [1.82, 2.24) is 14.7 Å². The van der Waals surface area contributed by atoms with Gasteiger partial charge < -0.3 is 14.7 Å². The predicted octanol–water partition coefficient (Wildman–Crippen LogP) is 0.377. The molecule has 0 aromatic heterocycles. The van der Waals surface area contributed by atoms with Gasteiger partial charge in [0.1, 0.15) is 12.6 Å². The minimum Gasteiger partial charge on any atom is -0.347 e. The molecule has 0 saturated carbocycles. The maximum Gasteiger partial charge on any atom is 0.245 e. The first kappa shape index (κ1) is 17.0. The van der Waals surface area contributed by atoms with Gasteiger partial charge in [-0.15, -0.1) is 0 Å². The Morgan fingerprint density at radius 1 is 1.22 bits per heavy atom. The van der Waals surface area contributed by atoms with E-state index in [0.29, 0.717) is 13.0 Å². The molecule has 1 aliphatic heterocycles. The Kier molecular flexibility index (Phi) is 5.36. The molecule has 0 bridgehead atoms. The Bertz CT molecular complexity index is 586. The molecule has 6 nitrogen and oxygen atoms in total. The van der Waals surface area contributed by atoms with Crippen LogP contribution in [0.4, 0.5) is 0 Å². The Morgan fingerprint density at radius 2 is 1.87 bits per heavy atom. The van der Waals surface area contributed by atoms with E-state index in [1.54, 1.807) is 25.9 Å². The summed E-state index contributed by atoms with van der Waals surface area (Å²) in [6.45, 7) is 2.17. The number of carbonyl (C=O) groups excluding carboxylic acids is 3. The van der Waals surface area contributed by atoms with Crippen molar-refractivity contribution >= 4 is 17.7 Å². The summed E-state index contributed by atoms with van der Waals surface area (Å²) in [6.07, 6.45) is 0.712. The van der Waals surface area contributed by atoms with Crippen molar-refractivity contribution in [2.75, 3.05) is 33.7 Å². The summed E-state index contributed by atoms with van der Waals surface area (Å²) >= 11 is 0. The number of amides is 3. The molecule has 1 aromatic rings. The van der Waals surface area contributed by atoms with Crippen molar-refractivity contribution < 1.29 is 14.4 Å². The van der Waals surface area contributed by atoms with Gasteiger partial charge in [0.2, 0.25) is 17.7 Å². The van der Waals surface area contributed by atoms with Crippen molar-refractivity contribution in [3.05, 3.63) is 35.9 Å². The maximum absolute atomic E-state index is 12.5. The SMILES string of the molecule is C[C@@H]1C(=O)N(CCc2ccccc2)CC(=O)N1CC(=O)N(C)C. The number of likely N-dealkylation sites (N-methyl/N-ethyl adjacent to an activating group) is 1. The first-order valence-electron chi connectivity index (χ1n) is 7.72. The quantitative estimate of drug-likeness (QED) is 0.789. The van der Waals surface area contributed by atoms with Gasteiger partial charge >= 0.3 is 0 Å². The Labute approximate surface area is 136 Å². The van der Waals surface area contributed by atoms with Gasteiger partial charge in [0.05, 0.1) is 6.54 Å². The van der Waals surface area contributed by atoms with Crippen LogP contribution in [-0.2, 0) is 20.8 Å². The molecule has 0 spiro atoms.